The number of nitrogens with zero attached hydrogens (tertiary/aromatic N) is 2. The largest absolute Gasteiger partial charge is 0.506 e. The average Bonchev–Trinajstić information content (AvgIpc) is 3.05. The van der Waals surface area contributed by atoms with Gasteiger partial charge in [-0.05, 0) is 49.2 Å². The first-order valence-electron chi connectivity index (χ1n) is 9.74. The lowest BCUT2D eigenvalue weighted by molar-refractivity contribution is -0.139. The standard InChI is InChI=1S/C23H18Cl2N2O4S/c1-3-31-22(30)19-12(2)26-23-27(20(19)14-6-4-5-7-15(14)24)21(29)18(32-23)11-13-8-9-17(28)16(25)10-13/h4-11,20,28H,3H2,1-2H3/b18-11+. The molecule has 4 rings (SSSR count). The Balaban J connectivity index is 1.98. The van der Waals surface area contributed by atoms with E-state index < -0.39 is 12.0 Å². The third-order valence-electron chi connectivity index (χ3n) is 4.99. The molecule has 0 spiro atoms. The van der Waals surface area contributed by atoms with E-state index in [4.69, 9.17) is 27.9 Å². The molecule has 9 heteroatoms. The van der Waals surface area contributed by atoms with E-state index in [0.29, 0.717) is 31.2 Å². The minimum atomic E-state index is -0.774. The van der Waals surface area contributed by atoms with Crippen molar-refractivity contribution in [2.45, 2.75) is 19.9 Å². The Kier molecular flexibility index (Phi) is 6.24. The molecule has 32 heavy (non-hydrogen) atoms. The number of fused-ring (bicyclic) bond motifs is 1. The van der Waals surface area contributed by atoms with Crippen molar-refractivity contribution in [3.05, 3.63) is 94.6 Å². The molecule has 1 atom stereocenters. The fraction of sp³-hybridized carbons (Fsp3) is 0.174. The van der Waals surface area contributed by atoms with Gasteiger partial charge in [-0.25, -0.2) is 9.79 Å². The third kappa shape index (κ3) is 3.99. The number of benzene rings is 2. The van der Waals surface area contributed by atoms with E-state index in [1.165, 1.54) is 22.0 Å². The number of ether oxygens (including phenoxy) is 1. The van der Waals surface area contributed by atoms with Crippen molar-refractivity contribution < 1.29 is 14.6 Å². The van der Waals surface area contributed by atoms with Crippen LogP contribution in [0.3, 0.4) is 0 Å². The van der Waals surface area contributed by atoms with Crippen molar-refractivity contribution in [1.29, 1.82) is 0 Å². The van der Waals surface area contributed by atoms with Gasteiger partial charge in [0.05, 0.1) is 27.4 Å². The highest BCUT2D eigenvalue weighted by molar-refractivity contribution is 7.07. The highest BCUT2D eigenvalue weighted by Gasteiger charge is 2.34. The monoisotopic (exact) mass is 488 g/mol. The molecule has 0 bridgehead atoms. The van der Waals surface area contributed by atoms with Crippen LogP contribution in [0, 0.1) is 0 Å². The van der Waals surface area contributed by atoms with E-state index in [9.17, 15) is 14.7 Å². The van der Waals surface area contributed by atoms with Crippen molar-refractivity contribution in [2.75, 3.05) is 6.61 Å². The van der Waals surface area contributed by atoms with Crippen molar-refractivity contribution >= 4 is 46.6 Å². The maximum absolute atomic E-state index is 13.5. The SMILES string of the molecule is CCOC(=O)C1=C(C)N=c2s/c(=C/c3ccc(O)c(Cl)c3)c(=O)n2C1c1ccccc1Cl. The number of allylic oxidation sites excluding steroid dienone is 1. The second-order valence-electron chi connectivity index (χ2n) is 7.03. The number of phenols is 1. The molecule has 0 amide bonds. The van der Waals surface area contributed by atoms with Gasteiger partial charge in [0, 0.05) is 5.02 Å². The number of thiazole rings is 1. The van der Waals surface area contributed by atoms with Crippen LogP contribution < -0.4 is 14.9 Å². The number of carbonyl (C=O) groups is 1. The zero-order valence-electron chi connectivity index (χ0n) is 17.1. The van der Waals surface area contributed by atoms with Gasteiger partial charge in [0.1, 0.15) is 11.8 Å². The van der Waals surface area contributed by atoms with Gasteiger partial charge >= 0.3 is 5.97 Å². The summed E-state index contributed by atoms with van der Waals surface area (Å²) in [7, 11) is 0. The molecule has 1 aliphatic heterocycles. The highest BCUT2D eigenvalue weighted by atomic mass is 35.5. The van der Waals surface area contributed by atoms with Crippen LogP contribution >= 0.6 is 34.5 Å². The quantitative estimate of drug-likeness (QED) is 0.566. The number of hydrogen-bond acceptors (Lipinski definition) is 6. The molecule has 1 aromatic heterocycles. The summed E-state index contributed by atoms with van der Waals surface area (Å²) in [4.78, 5) is 31.3. The summed E-state index contributed by atoms with van der Waals surface area (Å²) >= 11 is 13.7. The average molecular weight is 489 g/mol. The van der Waals surface area contributed by atoms with Crippen LogP contribution in [-0.2, 0) is 9.53 Å². The number of rotatable bonds is 4. The Morgan fingerprint density at radius 1 is 1.25 bits per heavy atom. The van der Waals surface area contributed by atoms with Crippen LogP contribution in [0.4, 0.5) is 0 Å². The molecular formula is C23H18Cl2N2O4S. The predicted molar refractivity (Wildman–Crippen MR) is 125 cm³/mol. The second-order valence-corrected chi connectivity index (χ2v) is 8.86. The first kappa shape index (κ1) is 22.3. The lowest BCUT2D eigenvalue weighted by atomic mass is 9.96. The van der Waals surface area contributed by atoms with Crippen LogP contribution in [0.1, 0.15) is 31.0 Å². The van der Waals surface area contributed by atoms with Crippen LogP contribution in [0.2, 0.25) is 10.0 Å². The van der Waals surface area contributed by atoms with Gasteiger partial charge in [-0.1, -0.05) is 58.8 Å². The van der Waals surface area contributed by atoms with Gasteiger partial charge in [0.15, 0.2) is 4.80 Å². The Hall–Kier alpha value is -2.87. The van der Waals surface area contributed by atoms with E-state index >= 15 is 0 Å². The molecule has 0 radical (unpaired) electrons. The van der Waals surface area contributed by atoms with Gasteiger partial charge < -0.3 is 9.84 Å². The molecule has 0 saturated carbocycles. The van der Waals surface area contributed by atoms with Gasteiger partial charge in [-0.15, -0.1) is 0 Å². The summed E-state index contributed by atoms with van der Waals surface area (Å²) < 4.78 is 7.14. The lowest BCUT2D eigenvalue weighted by Crippen LogP contribution is -2.40. The van der Waals surface area contributed by atoms with Gasteiger partial charge in [-0.2, -0.15) is 0 Å². The van der Waals surface area contributed by atoms with Crippen molar-refractivity contribution in [3.8, 4) is 5.75 Å². The zero-order chi connectivity index (χ0) is 23.0. The van der Waals surface area contributed by atoms with E-state index in [-0.39, 0.29) is 28.5 Å². The van der Waals surface area contributed by atoms with Crippen LogP contribution in [0.25, 0.3) is 6.08 Å². The number of carbonyl (C=O) groups excluding carboxylic acids is 1. The minimum Gasteiger partial charge on any atom is -0.506 e. The number of aromatic nitrogens is 1. The molecule has 0 fully saturated rings. The fourth-order valence-corrected chi connectivity index (χ4v) is 5.02. The van der Waals surface area contributed by atoms with Crippen molar-refractivity contribution in [1.82, 2.24) is 4.57 Å². The summed E-state index contributed by atoms with van der Waals surface area (Å²) in [6.07, 6.45) is 1.67. The van der Waals surface area contributed by atoms with Crippen molar-refractivity contribution in [2.24, 2.45) is 4.99 Å². The molecule has 2 aromatic carbocycles. The summed E-state index contributed by atoms with van der Waals surface area (Å²) in [6.45, 7) is 3.63. The Labute approximate surface area is 197 Å². The molecule has 164 valence electrons. The molecule has 0 aliphatic carbocycles. The molecule has 1 unspecified atom stereocenters. The van der Waals surface area contributed by atoms with E-state index in [2.05, 4.69) is 4.99 Å². The van der Waals surface area contributed by atoms with Crippen LogP contribution in [0.15, 0.2) is 63.5 Å². The van der Waals surface area contributed by atoms with Gasteiger partial charge in [-0.3, -0.25) is 9.36 Å². The number of hydrogen-bond donors (Lipinski definition) is 1. The molecule has 3 aromatic rings. The third-order valence-corrected chi connectivity index (χ3v) is 6.62. The Bertz CT molecular complexity index is 1440. The van der Waals surface area contributed by atoms with E-state index in [0.717, 1.165) is 0 Å². The minimum absolute atomic E-state index is 0.0429. The maximum Gasteiger partial charge on any atom is 0.338 e. The predicted octanol–water partition coefficient (Wildman–Crippen LogP) is 3.81. The summed E-state index contributed by atoms with van der Waals surface area (Å²) in [5.41, 5.74) is 1.66. The Morgan fingerprint density at radius 2 is 2.00 bits per heavy atom. The maximum atomic E-state index is 13.5. The number of esters is 1. The fourth-order valence-electron chi connectivity index (χ4n) is 3.55. The highest BCUT2D eigenvalue weighted by Crippen LogP contribution is 2.34. The summed E-state index contributed by atoms with van der Waals surface area (Å²) in [6, 6.07) is 11.0. The van der Waals surface area contributed by atoms with Gasteiger partial charge in [0.25, 0.3) is 5.56 Å². The van der Waals surface area contributed by atoms with E-state index in [1.807, 2.05) is 0 Å². The Morgan fingerprint density at radius 3 is 2.69 bits per heavy atom. The zero-order valence-corrected chi connectivity index (χ0v) is 19.5. The molecule has 1 aliphatic rings. The molecule has 6 nitrogen and oxygen atoms in total. The topological polar surface area (TPSA) is 80.9 Å². The van der Waals surface area contributed by atoms with E-state index in [1.54, 1.807) is 56.3 Å². The second kappa shape index (κ2) is 8.94. The van der Waals surface area contributed by atoms with Crippen molar-refractivity contribution in [3.63, 3.8) is 0 Å². The van der Waals surface area contributed by atoms with Crippen LogP contribution in [-0.4, -0.2) is 22.2 Å². The normalized spacial score (nSPS) is 16.0. The summed E-state index contributed by atoms with van der Waals surface area (Å²) in [5, 5.41) is 10.3. The van der Waals surface area contributed by atoms with Crippen LogP contribution in [0.5, 0.6) is 5.75 Å². The number of aromatic hydroxyl groups is 1. The molecule has 1 N–H and O–H groups in total. The molecule has 0 saturated heterocycles. The van der Waals surface area contributed by atoms with Gasteiger partial charge in [0.2, 0.25) is 0 Å². The first-order chi connectivity index (χ1) is 15.3. The molecular weight excluding hydrogens is 471 g/mol. The first-order valence-corrected chi connectivity index (χ1v) is 11.3. The number of phenolic OH excluding ortho intramolecular Hbond substituents is 1. The smallest absolute Gasteiger partial charge is 0.338 e. The lowest BCUT2D eigenvalue weighted by Gasteiger charge is -2.25. The summed E-state index contributed by atoms with van der Waals surface area (Å²) in [5.74, 6) is -0.586. The molecule has 2 heterocycles. The number of halogens is 2.